The molecule has 0 bridgehead atoms. The molecule has 0 aromatic carbocycles. The monoisotopic (exact) mass is 1510 g/mol. The summed E-state index contributed by atoms with van der Waals surface area (Å²) in [6.45, 7) is 4.17. The number of esters is 4. The molecule has 0 aromatic rings. The molecule has 5 unspecified atom stereocenters. The lowest BCUT2D eigenvalue weighted by Gasteiger charge is -2.21. The number of phosphoric acid groups is 2. The summed E-state index contributed by atoms with van der Waals surface area (Å²) in [7, 11) is -10.1. The van der Waals surface area contributed by atoms with Crippen LogP contribution >= 0.6 is 15.6 Å². The van der Waals surface area contributed by atoms with Crippen LogP contribution in [0.3, 0.4) is 0 Å². The zero-order valence-corrected chi connectivity index (χ0v) is 66.5. The first-order valence-corrected chi connectivity index (χ1v) is 42.0. The van der Waals surface area contributed by atoms with Crippen molar-refractivity contribution in [1.82, 2.24) is 0 Å². The maximum absolute atomic E-state index is 13.1. The van der Waals surface area contributed by atoms with Crippen LogP contribution in [0.5, 0.6) is 0 Å². The zero-order chi connectivity index (χ0) is 77.4. The minimum absolute atomic E-state index is 0.0207. The number of hydrogen-bond acceptors (Lipinski definition) is 15. The minimum atomic E-state index is -5.03. The van der Waals surface area contributed by atoms with Crippen LogP contribution in [0, 0.1) is 0 Å². The van der Waals surface area contributed by atoms with Gasteiger partial charge in [0.2, 0.25) is 0 Å². The van der Waals surface area contributed by atoms with Gasteiger partial charge < -0.3 is 33.8 Å². The van der Waals surface area contributed by atoms with E-state index in [0.717, 1.165) is 135 Å². The normalized spacial score (nSPS) is 15.0. The van der Waals surface area contributed by atoms with Gasteiger partial charge in [-0.3, -0.25) is 37.3 Å². The third kappa shape index (κ3) is 75.6. The topological polar surface area (TPSA) is 237 Å². The fraction of sp³-hybridized carbons (Fsp3) is 0.540. The molecule has 0 heterocycles. The average Bonchev–Trinajstić information content (AvgIpc) is 0.909. The van der Waals surface area contributed by atoms with Crippen LogP contribution in [-0.4, -0.2) is 96.7 Å². The highest BCUT2D eigenvalue weighted by Gasteiger charge is 2.30. The van der Waals surface area contributed by atoms with Crippen LogP contribution in [0.2, 0.25) is 0 Å². The molecule has 594 valence electrons. The van der Waals surface area contributed by atoms with Crippen LogP contribution in [0.4, 0.5) is 0 Å². The third-order valence-electron chi connectivity index (χ3n) is 15.0. The summed E-state index contributed by atoms with van der Waals surface area (Å²) >= 11 is 0. The maximum atomic E-state index is 13.1. The SMILES string of the molecule is CC/C=C\C/C=C\C/C=C\C/C=C\C/C=C\C/C=C\CCC(=O)OCC(COP(=O)(O)OCC(O)COP(=O)(O)OCC(COC(=O)CCC/C=C\C/C=C\C/C=C\C/C=C\C/C=C\CC)OC(=O)C/C=C\C/C=C\C/C=C\C/C=C\C/C=C\CC)OC(=O)CCCCCCC/C=C\C/C=C\CCCCC. The molecular formula is C87H134O17P2. The van der Waals surface area contributed by atoms with Crippen molar-refractivity contribution in [2.24, 2.45) is 0 Å². The van der Waals surface area contributed by atoms with Gasteiger partial charge in [0, 0.05) is 19.3 Å². The number of rotatable bonds is 70. The van der Waals surface area contributed by atoms with Gasteiger partial charge >= 0.3 is 39.5 Å². The summed E-state index contributed by atoms with van der Waals surface area (Å²) in [5.74, 6) is -2.54. The Balaban J connectivity index is 5.58. The van der Waals surface area contributed by atoms with Crippen LogP contribution in [0.1, 0.15) is 246 Å². The molecule has 0 saturated heterocycles. The van der Waals surface area contributed by atoms with Crippen LogP contribution in [0.15, 0.2) is 219 Å². The van der Waals surface area contributed by atoms with E-state index in [2.05, 4.69) is 192 Å². The van der Waals surface area contributed by atoms with Gasteiger partial charge in [-0.15, -0.1) is 0 Å². The first-order chi connectivity index (χ1) is 51.7. The standard InChI is InChI=1S/C87H134O17P2/c1-5-9-13-17-21-25-29-33-37-39-40-42-46-48-52-56-60-64-68-72-85(90)98-78-83(104-87(92)74-70-66-62-58-54-50-44-36-32-28-24-20-16-12-8-4)80-102-106(95,96)100-76-81(88)75-99-105(93,94)101-79-82(103-86(91)73-69-65-61-57-53-49-43-35-31-27-23-19-15-11-7-3)77-97-84(89)71-67-63-59-55-51-47-45-41-38-34-30-26-22-18-14-10-6-2/h9-11,13-15,21-28,33-38,40,42-45,47-48,52-53,55,57,59-60,64-65,69,81-83,88H,5-8,12,16-20,29-32,39,41,46,49-51,54,56,58,61-63,66-68,70-80H2,1-4H3,(H,93,94)(H,95,96)/b13-9-,14-10-,15-11-,25-21-,26-22-,27-23-,28-24-,37-33-,38-34-,42-40-,43-35-,44-36-,47-45-,52-48-,57-53-,59-55-,64-60-,69-65-. The Morgan fingerprint density at radius 2 is 0.557 bits per heavy atom. The van der Waals surface area contributed by atoms with Crippen molar-refractivity contribution in [3.8, 4) is 0 Å². The van der Waals surface area contributed by atoms with Crippen LogP contribution in [0.25, 0.3) is 0 Å². The van der Waals surface area contributed by atoms with E-state index in [1.165, 1.54) is 19.3 Å². The van der Waals surface area contributed by atoms with Gasteiger partial charge in [0.1, 0.15) is 19.3 Å². The van der Waals surface area contributed by atoms with Crippen LogP contribution < -0.4 is 0 Å². The summed E-state index contributed by atoms with van der Waals surface area (Å²) in [4.78, 5) is 72.9. The fourth-order valence-electron chi connectivity index (χ4n) is 9.15. The second-order valence-corrected chi connectivity index (χ2v) is 27.7. The largest absolute Gasteiger partial charge is 0.472 e. The summed E-state index contributed by atoms with van der Waals surface area (Å²) in [5.41, 5.74) is 0. The number of carbonyl (C=O) groups excluding carboxylic acids is 4. The smallest absolute Gasteiger partial charge is 0.462 e. The van der Waals surface area contributed by atoms with Crippen molar-refractivity contribution in [1.29, 1.82) is 0 Å². The Morgan fingerprint density at radius 3 is 0.925 bits per heavy atom. The molecule has 0 aliphatic carbocycles. The Kier molecular flexibility index (Phi) is 71.8. The lowest BCUT2D eigenvalue weighted by atomic mass is 10.1. The fourth-order valence-corrected chi connectivity index (χ4v) is 10.7. The minimum Gasteiger partial charge on any atom is -0.462 e. The summed E-state index contributed by atoms with van der Waals surface area (Å²) in [6, 6.07) is 0. The van der Waals surface area contributed by atoms with Crippen LogP contribution in [-0.2, 0) is 65.4 Å². The number of allylic oxidation sites excluding steroid dienone is 35. The molecule has 0 saturated carbocycles. The van der Waals surface area contributed by atoms with Gasteiger partial charge in [-0.2, -0.15) is 0 Å². The Morgan fingerprint density at radius 1 is 0.283 bits per heavy atom. The first-order valence-electron chi connectivity index (χ1n) is 39.0. The highest BCUT2D eigenvalue weighted by Crippen LogP contribution is 2.45. The molecule has 0 radical (unpaired) electrons. The molecule has 17 nitrogen and oxygen atoms in total. The maximum Gasteiger partial charge on any atom is 0.472 e. The molecule has 0 rings (SSSR count). The molecule has 0 fully saturated rings. The van der Waals surface area contributed by atoms with Gasteiger partial charge in [-0.25, -0.2) is 9.13 Å². The van der Waals surface area contributed by atoms with E-state index in [9.17, 15) is 43.2 Å². The van der Waals surface area contributed by atoms with Gasteiger partial charge in [0.25, 0.3) is 0 Å². The summed E-state index contributed by atoms with van der Waals surface area (Å²) < 4.78 is 68.2. The van der Waals surface area contributed by atoms with Crippen molar-refractivity contribution >= 4 is 39.5 Å². The number of ether oxygens (including phenoxy) is 4. The van der Waals surface area contributed by atoms with E-state index < -0.39 is 97.5 Å². The second kappa shape index (κ2) is 76.6. The van der Waals surface area contributed by atoms with Crippen molar-refractivity contribution in [3.63, 3.8) is 0 Å². The Hall–Kier alpha value is -6.62. The molecule has 19 heteroatoms. The lowest BCUT2D eigenvalue weighted by Crippen LogP contribution is -2.30. The predicted molar refractivity (Wildman–Crippen MR) is 435 cm³/mol. The van der Waals surface area contributed by atoms with Crippen molar-refractivity contribution < 1.29 is 80.2 Å². The van der Waals surface area contributed by atoms with E-state index in [-0.39, 0.29) is 25.7 Å². The first kappa shape index (κ1) is 99.4. The number of unbranched alkanes of at least 4 members (excludes halogenated alkanes) is 9. The second-order valence-electron chi connectivity index (χ2n) is 24.8. The van der Waals surface area contributed by atoms with Crippen molar-refractivity contribution in [2.45, 2.75) is 264 Å². The number of hydrogen-bond donors (Lipinski definition) is 3. The number of aliphatic hydroxyl groups excluding tert-OH is 1. The molecule has 106 heavy (non-hydrogen) atoms. The van der Waals surface area contributed by atoms with E-state index in [0.29, 0.717) is 38.5 Å². The highest BCUT2D eigenvalue weighted by molar-refractivity contribution is 7.47. The van der Waals surface area contributed by atoms with E-state index >= 15 is 0 Å². The van der Waals surface area contributed by atoms with Crippen molar-refractivity contribution in [3.05, 3.63) is 219 Å². The molecule has 0 spiro atoms. The molecule has 0 aliphatic rings. The van der Waals surface area contributed by atoms with Gasteiger partial charge in [-0.1, -0.05) is 279 Å². The molecule has 0 amide bonds. The molecular weight excluding hydrogens is 1380 g/mol. The quantitative estimate of drug-likeness (QED) is 0.0169. The average molecular weight is 1510 g/mol. The predicted octanol–water partition coefficient (Wildman–Crippen LogP) is 22.9. The Labute approximate surface area is 639 Å². The van der Waals surface area contributed by atoms with E-state index in [1.807, 2.05) is 42.5 Å². The number of aliphatic hydroxyl groups is 1. The van der Waals surface area contributed by atoms with E-state index in [1.54, 1.807) is 12.2 Å². The van der Waals surface area contributed by atoms with Crippen molar-refractivity contribution in [2.75, 3.05) is 39.6 Å². The van der Waals surface area contributed by atoms with Gasteiger partial charge in [0.15, 0.2) is 12.2 Å². The molecule has 0 aromatic heterocycles. The third-order valence-corrected chi connectivity index (χ3v) is 16.9. The van der Waals surface area contributed by atoms with Gasteiger partial charge in [0.05, 0.1) is 32.8 Å². The van der Waals surface area contributed by atoms with E-state index in [4.69, 9.17) is 37.0 Å². The molecule has 0 aliphatic heterocycles. The zero-order valence-electron chi connectivity index (χ0n) is 64.8. The number of phosphoric ester groups is 2. The molecule has 3 N–H and O–H groups in total. The molecule has 5 atom stereocenters. The highest BCUT2D eigenvalue weighted by atomic mass is 31.2. The van der Waals surface area contributed by atoms with Gasteiger partial charge in [-0.05, 0) is 161 Å². The lowest BCUT2D eigenvalue weighted by molar-refractivity contribution is -0.161. The number of carbonyl (C=O) groups is 4. The summed E-state index contributed by atoms with van der Waals surface area (Å²) in [6.07, 6.45) is 96.9. The Bertz CT molecular complexity index is 2880. The summed E-state index contributed by atoms with van der Waals surface area (Å²) in [5, 5.41) is 10.6.